The third-order valence-electron chi connectivity index (χ3n) is 2.87. The number of ether oxygens (including phenoxy) is 2. The fraction of sp³-hybridized carbons (Fsp3) is 0.917. The number of nitrogens with two attached hydrogens (primary N) is 1. The van der Waals surface area contributed by atoms with Crippen molar-refractivity contribution < 1.29 is 9.47 Å². The molecule has 1 aliphatic carbocycles. The minimum atomic E-state index is 0.539. The van der Waals surface area contributed by atoms with Gasteiger partial charge in [-0.05, 0) is 19.3 Å². The SMILES string of the molecule is COCCOCCCN=C(N)NC1CCCC1. The van der Waals surface area contributed by atoms with Crippen LogP contribution in [0, 0.1) is 0 Å². The zero-order valence-electron chi connectivity index (χ0n) is 10.8. The molecule has 0 aromatic heterocycles. The van der Waals surface area contributed by atoms with E-state index in [-0.39, 0.29) is 0 Å². The van der Waals surface area contributed by atoms with Gasteiger partial charge in [-0.25, -0.2) is 0 Å². The van der Waals surface area contributed by atoms with Crippen LogP contribution in [-0.4, -0.2) is 45.5 Å². The molecule has 1 saturated carbocycles. The van der Waals surface area contributed by atoms with Crippen molar-refractivity contribution in [3.8, 4) is 0 Å². The molecule has 0 radical (unpaired) electrons. The van der Waals surface area contributed by atoms with E-state index in [1.807, 2.05) is 0 Å². The fourth-order valence-electron chi connectivity index (χ4n) is 1.94. The molecule has 100 valence electrons. The van der Waals surface area contributed by atoms with E-state index < -0.39 is 0 Å². The highest BCUT2D eigenvalue weighted by Crippen LogP contribution is 2.17. The highest BCUT2D eigenvalue weighted by atomic mass is 16.5. The van der Waals surface area contributed by atoms with Gasteiger partial charge in [-0.3, -0.25) is 4.99 Å². The van der Waals surface area contributed by atoms with E-state index in [4.69, 9.17) is 15.2 Å². The van der Waals surface area contributed by atoms with Gasteiger partial charge in [0.25, 0.3) is 0 Å². The molecule has 5 heteroatoms. The van der Waals surface area contributed by atoms with Crippen molar-refractivity contribution in [2.45, 2.75) is 38.1 Å². The molecule has 0 unspecified atom stereocenters. The van der Waals surface area contributed by atoms with Crippen LogP contribution in [0.3, 0.4) is 0 Å². The smallest absolute Gasteiger partial charge is 0.188 e. The van der Waals surface area contributed by atoms with Gasteiger partial charge < -0.3 is 20.5 Å². The summed E-state index contributed by atoms with van der Waals surface area (Å²) in [6.07, 6.45) is 5.94. The highest BCUT2D eigenvalue weighted by molar-refractivity contribution is 5.78. The van der Waals surface area contributed by atoms with Crippen LogP contribution >= 0.6 is 0 Å². The monoisotopic (exact) mass is 243 g/mol. The zero-order chi connectivity index (χ0) is 12.3. The van der Waals surface area contributed by atoms with Crippen molar-refractivity contribution in [3.63, 3.8) is 0 Å². The summed E-state index contributed by atoms with van der Waals surface area (Å²) in [5.74, 6) is 0.578. The van der Waals surface area contributed by atoms with Gasteiger partial charge in [0, 0.05) is 26.3 Å². The molecule has 0 aliphatic heterocycles. The van der Waals surface area contributed by atoms with Crippen LogP contribution in [0.25, 0.3) is 0 Å². The lowest BCUT2D eigenvalue weighted by atomic mass is 10.2. The Kier molecular flexibility index (Phi) is 7.75. The number of hydrogen-bond acceptors (Lipinski definition) is 3. The van der Waals surface area contributed by atoms with E-state index in [9.17, 15) is 0 Å². The Hall–Kier alpha value is -0.810. The van der Waals surface area contributed by atoms with Gasteiger partial charge >= 0.3 is 0 Å². The quantitative estimate of drug-likeness (QED) is 0.377. The summed E-state index contributed by atoms with van der Waals surface area (Å²) >= 11 is 0. The minimum absolute atomic E-state index is 0.539. The Bertz CT molecular complexity index is 216. The van der Waals surface area contributed by atoms with Crippen molar-refractivity contribution in [2.75, 3.05) is 33.5 Å². The molecule has 1 aliphatic rings. The number of rotatable bonds is 8. The first kappa shape index (κ1) is 14.3. The molecular formula is C12H25N3O2. The van der Waals surface area contributed by atoms with Gasteiger partial charge in [0.15, 0.2) is 5.96 Å². The number of hydrogen-bond donors (Lipinski definition) is 2. The Labute approximate surface area is 104 Å². The number of aliphatic imine (C=N–C) groups is 1. The lowest BCUT2D eigenvalue weighted by molar-refractivity contribution is 0.0702. The van der Waals surface area contributed by atoms with Crippen LogP contribution in [0.5, 0.6) is 0 Å². The van der Waals surface area contributed by atoms with Crippen molar-refractivity contribution in [1.29, 1.82) is 0 Å². The molecule has 1 fully saturated rings. The molecule has 0 aromatic rings. The predicted molar refractivity (Wildman–Crippen MR) is 69.2 cm³/mol. The minimum Gasteiger partial charge on any atom is -0.382 e. The molecule has 0 heterocycles. The molecule has 17 heavy (non-hydrogen) atoms. The number of methoxy groups -OCH3 is 1. The molecule has 1 rings (SSSR count). The molecule has 5 nitrogen and oxygen atoms in total. The van der Waals surface area contributed by atoms with Gasteiger partial charge in [0.1, 0.15) is 0 Å². The zero-order valence-corrected chi connectivity index (χ0v) is 10.8. The summed E-state index contributed by atoms with van der Waals surface area (Å²) in [7, 11) is 1.67. The predicted octanol–water partition coefficient (Wildman–Crippen LogP) is 0.886. The average molecular weight is 243 g/mol. The first-order valence-electron chi connectivity index (χ1n) is 6.46. The van der Waals surface area contributed by atoms with Gasteiger partial charge in [-0.2, -0.15) is 0 Å². The molecule has 0 saturated heterocycles. The number of guanidine groups is 1. The molecular weight excluding hydrogens is 218 g/mol. The second-order valence-electron chi connectivity index (χ2n) is 4.35. The molecule has 0 amide bonds. The molecule has 0 spiro atoms. The van der Waals surface area contributed by atoms with E-state index in [1.165, 1.54) is 25.7 Å². The first-order valence-corrected chi connectivity index (χ1v) is 6.46. The third-order valence-corrected chi connectivity index (χ3v) is 2.87. The fourth-order valence-corrected chi connectivity index (χ4v) is 1.94. The van der Waals surface area contributed by atoms with E-state index in [0.29, 0.717) is 31.8 Å². The second kappa shape index (κ2) is 9.24. The standard InChI is InChI=1S/C12H25N3O2/c1-16-9-10-17-8-4-7-14-12(13)15-11-5-2-3-6-11/h11H,2-10H2,1H3,(H3,13,14,15). The highest BCUT2D eigenvalue weighted by Gasteiger charge is 2.14. The molecule has 0 atom stereocenters. The van der Waals surface area contributed by atoms with Gasteiger partial charge in [0.05, 0.1) is 13.2 Å². The van der Waals surface area contributed by atoms with Crippen LogP contribution in [0.15, 0.2) is 4.99 Å². The first-order chi connectivity index (χ1) is 8.33. The van der Waals surface area contributed by atoms with Crippen molar-refractivity contribution in [3.05, 3.63) is 0 Å². The lowest BCUT2D eigenvalue weighted by Gasteiger charge is -2.12. The summed E-state index contributed by atoms with van der Waals surface area (Å²) in [6, 6.07) is 0.539. The Morgan fingerprint density at radius 1 is 1.29 bits per heavy atom. The maximum atomic E-state index is 5.79. The summed E-state index contributed by atoms with van der Waals surface area (Å²) in [4.78, 5) is 4.28. The lowest BCUT2D eigenvalue weighted by Crippen LogP contribution is -2.38. The molecule has 3 N–H and O–H groups in total. The normalized spacial score (nSPS) is 17.6. The summed E-state index contributed by atoms with van der Waals surface area (Å²) < 4.78 is 10.2. The summed E-state index contributed by atoms with van der Waals surface area (Å²) in [6.45, 7) is 2.73. The Morgan fingerprint density at radius 2 is 2.06 bits per heavy atom. The van der Waals surface area contributed by atoms with Crippen LogP contribution in [-0.2, 0) is 9.47 Å². The average Bonchev–Trinajstić information content (AvgIpc) is 2.80. The van der Waals surface area contributed by atoms with Gasteiger partial charge in [-0.1, -0.05) is 12.8 Å². The van der Waals surface area contributed by atoms with E-state index >= 15 is 0 Å². The van der Waals surface area contributed by atoms with Crippen LogP contribution in [0.2, 0.25) is 0 Å². The van der Waals surface area contributed by atoms with E-state index in [2.05, 4.69) is 10.3 Å². The van der Waals surface area contributed by atoms with E-state index in [1.54, 1.807) is 7.11 Å². The largest absolute Gasteiger partial charge is 0.382 e. The Balaban J connectivity index is 1.95. The van der Waals surface area contributed by atoms with Crippen LogP contribution in [0.1, 0.15) is 32.1 Å². The van der Waals surface area contributed by atoms with Gasteiger partial charge in [0.2, 0.25) is 0 Å². The van der Waals surface area contributed by atoms with Crippen molar-refractivity contribution in [1.82, 2.24) is 5.32 Å². The third kappa shape index (κ3) is 7.18. The summed E-state index contributed by atoms with van der Waals surface area (Å²) in [5.41, 5.74) is 5.79. The number of nitrogens with one attached hydrogen (secondary N) is 1. The van der Waals surface area contributed by atoms with Crippen LogP contribution < -0.4 is 11.1 Å². The maximum absolute atomic E-state index is 5.79. The molecule has 0 aromatic carbocycles. The summed E-state index contributed by atoms with van der Waals surface area (Å²) in [5, 5.41) is 3.26. The van der Waals surface area contributed by atoms with E-state index in [0.717, 1.165) is 13.0 Å². The van der Waals surface area contributed by atoms with Gasteiger partial charge in [-0.15, -0.1) is 0 Å². The number of nitrogens with zero attached hydrogens (tertiary/aromatic N) is 1. The van der Waals surface area contributed by atoms with Crippen molar-refractivity contribution >= 4 is 5.96 Å². The topological polar surface area (TPSA) is 68.9 Å². The maximum Gasteiger partial charge on any atom is 0.188 e. The van der Waals surface area contributed by atoms with Crippen molar-refractivity contribution in [2.24, 2.45) is 10.7 Å². The Morgan fingerprint density at radius 3 is 2.76 bits per heavy atom. The van der Waals surface area contributed by atoms with Crippen LogP contribution in [0.4, 0.5) is 0 Å². The molecule has 0 bridgehead atoms. The second-order valence-corrected chi connectivity index (χ2v) is 4.35.